The van der Waals surface area contributed by atoms with E-state index in [0.717, 1.165) is 12.1 Å². The number of carbonyl (C=O) groups excluding carboxylic acids is 1. The number of esters is 1. The summed E-state index contributed by atoms with van der Waals surface area (Å²) >= 11 is 0. The molecule has 1 aromatic heterocycles. The zero-order valence-corrected chi connectivity index (χ0v) is 9.56. The van der Waals surface area contributed by atoms with Crippen LogP contribution in [-0.2, 0) is 22.5 Å². The smallest absolute Gasteiger partial charge is 0.327 e. The minimum atomic E-state index is -0.239. The van der Waals surface area contributed by atoms with Crippen molar-refractivity contribution < 1.29 is 9.53 Å². The van der Waals surface area contributed by atoms with Gasteiger partial charge in [0.1, 0.15) is 6.54 Å². The van der Waals surface area contributed by atoms with Gasteiger partial charge in [-0.2, -0.15) is 5.10 Å². The highest BCUT2D eigenvalue weighted by Gasteiger charge is 2.06. The van der Waals surface area contributed by atoms with E-state index < -0.39 is 0 Å². The van der Waals surface area contributed by atoms with Gasteiger partial charge in [-0.05, 0) is 25.3 Å². The lowest BCUT2D eigenvalue weighted by Crippen LogP contribution is -2.14. The van der Waals surface area contributed by atoms with Crippen molar-refractivity contribution in [2.24, 2.45) is 5.92 Å². The number of nitrogens with zero attached hydrogens (tertiary/aromatic N) is 2. The van der Waals surface area contributed by atoms with E-state index in [0.29, 0.717) is 12.5 Å². The Morgan fingerprint density at radius 3 is 2.93 bits per heavy atom. The molecule has 0 unspecified atom stereocenters. The minimum absolute atomic E-state index is 0.200. The molecule has 4 heteroatoms. The maximum atomic E-state index is 11.2. The molecule has 0 atom stereocenters. The van der Waals surface area contributed by atoms with E-state index in [1.807, 2.05) is 12.3 Å². The topological polar surface area (TPSA) is 44.1 Å². The van der Waals surface area contributed by atoms with Gasteiger partial charge >= 0.3 is 5.97 Å². The minimum Gasteiger partial charge on any atom is -0.465 e. The van der Waals surface area contributed by atoms with Crippen LogP contribution in [0.1, 0.15) is 26.5 Å². The molecule has 1 rings (SSSR count). The lowest BCUT2D eigenvalue weighted by Gasteiger charge is -2.02. The van der Waals surface area contributed by atoms with Crippen LogP contribution in [0.25, 0.3) is 0 Å². The van der Waals surface area contributed by atoms with Gasteiger partial charge in [0, 0.05) is 6.20 Å². The second-order valence-corrected chi connectivity index (χ2v) is 3.91. The van der Waals surface area contributed by atoms with Gasteiger partial charge in [-0.3, -0.25) is 9.48 Å². The molecule has 0 amide bonds. The normalized spacial score (nSPS) is 10.7. The van der Waals surface area contributed by atoms with Gasteiger partial charge in [0.05, 0.1) is 12.3 Å². The van der Waals surface area contributed by atoms with Crippen LogP contribution in [-0.4, -0.2) is 22.4 Å². The van der Waals surface area contributed by atoms with Gasteiger partial charge in [-0.25, -0.2) is 0 Å². The summed E-state index contributed by atoms with van der Waals surface area (Å²) in [5.41, 5.74) is 1.02. The molecule has 1 aromatic rings. The number of ether oxygens (including phenoxy) is 1. The maximum Gasteiger partial charge on any atom is 0.327 e. The van der Waals surface area contributed by atoms with Crippen molar-refractivity contribution in [3.63, 3.8) is 0 Å². The quantitative estimate of drug-likeness (QED) is 0.694. The van der Waals surface area contributed by atoms with Crippen molar-refractivity contribution in [2.45, 2.75) is 33.7 Å². The van der Waals surface area contributed by atoms with Gasteiger partial charge in [0.15, 0.2) is 0 Å². The van der Waals surface area contributed by atoms with Gasteiger partial charge in [-0.1, -0.05) is 13.8 Å². The summed E-state index contributed by atoms with van der Waals surface area (Å²) in [6, 6.07) is 1.94. The summed E-state index contributed by atoms with van der Waals surface area (Å²) in [7, 11) is 0. The van der Waals surface area contributed by atoms with Gasteiger partial charge in [0.25, 0.3) is 0 Å². The maximum absolute atomic E-state index is 11.2. The molecule has 0 aromatic carbocycles. The Balaban J connectivity index is 2.49. The molecule has 0 N–H and O–H groups in total. The van der Waals surface area contributed by atoms with Crippen molar-refractivity contribution in [3.8, 4) is 0 Å². The second kappa shape index (κ2) is 5.53. The Hall–Kier alpha value is -1.32. The average Bonchev–Trinajstić information content (AvgIpc) is 2.51. The first-order valence-corrected chi connectivity index (χ1v) is 5.29. The molecule has 0 saturated carbocycles. The third-order valence-corrected chi connectivity index (χ3v) is 1.91. The number of aromatic nitrogens is 2. The van der Waals surface area contributed by atoms with Crippen LogP contribution in [0.15, 0.2) is 12.3 Å². The summed E-state index contributed by atoms with van der Waals surface area (Å²) < 4.78 is 6.46. The van der Waals surface area contributed by atoms with Crippen molar-refractivity contribution >= 4 is 5.97 Å². The first-order valence-electron chi connectivity index (χ1n) is 5.29. The Morgan fingerprint density at radius 1 is 1.60 bits per heavy atom. The molecule has 1 heterocycles. The highest BCUT2D eigenvalue weighted by atomic mass is 16.5. The molecule has 0 aliphatic rings. The molecule has 0 aliphatic heterocycles. The van der Waals surface area contributed by atoms with Crippen LogP contribution in [0.2, 0.25) is 0 Å². The fraction of sp³-hybridized carbons (Fsp3) is 0.636. The highest BCUT2D eigenvalue weighted by Crippen LogP contribution is 2.04. The molecule has 0 saturated heterocycles. The molecule has 0 fully saturated rings. The fourth-order valence-corrected chi connectivity index (χ4v) is 1.36. The molecular formula is C11H18N2O2. The number of hydrogen-bond acceptors (Lipinski definition) is 3. The number of carbonyl (C=O) groups is 1. The van der Waals surface area contributed by atoms with Crippen LogP contribution in [0, 0.1) is 5.92 Å². The first-order chi connectivity index (χ1) is 7.11. The standard InChI is InChI=1S/C11H18N2O2/c1-4-15-11(14)8-13-6-5-10(12-13)7-9(2)3/h5-6,9H,4,7-8H2,1-3H3. The van der Waals surface area contributed by atoms with Gasteiger partial charge < -0.3 is 4.74 Å². The highest BCUT2D eigenvalue weighted by molar-refractivity contribution is 5.68. The third kappa shape index (κ3) is 4.14. The van der Waals surface area contributed by atoms with Crippen LogP contribution in [0.4, 0.5) is 0 Å². The van der Waals surface area contributed by atoms with E-state index in [9.17, 15) is 4.79 Å². The molecule has 0 aliphatic carbocycles. The first kappa shape index (κ1) is 11.8. The Morgan fingerprint density at radius 2 is 2.33 bits per heavy atom. The fourth-order valence-electron chi connectivity index (χ4n) is 1.36. The van der Waals surface area contributed by atoms with Gasteiger partial charge in [-0.15, -0.1) is 0 Å². The van der Waals surface area contributed by atoms with E-state index in [1.54, 1.807) is 11.6 Å². The molecule has 0 radical (unpaired) electrons. The second-order valence-electron chi connectivity index (χ2n) is 3.91. The van der Waals surface area contributed by atoms with Crippen molar-refractivity contribution in [1.82, 2.24) is 9.78 Å². The third-order valence-electron chi connectivity index (χ3n) is 1.91. The van der Waals surface area contributed by atoms with Crippen LogP contribution in [0.3, 0.4) is 0 Å². The van der Waals surface area contributed by atoms with Crippen molar-refractivity contribution in [2.75, 3.05) is 6.61 Å². The van der Waals surface area contributed by atoms with Crippen molar-refractivity contribution in [3.05, 3.63) is 18.0 Å². The van der Waals surface area contributed by atoms with E-state index >= 15 is 0 Å². The zero-order chi connectivity index (χ0) is 11.3. The molecule has 84 valence electrons. The lowest BCUT2D eigenvalue weighted by atomic mass is 10.1. The predicted octanol–water partition coefficient (Wildman–Crippen LogP) is 1.64. The summed E-state index contributed by atoms with van der Waals surface area (Å²) in [5, 5.41) is 4.29. The molecule has 0 bridgehead atoms. The van der Waals surface area contributed by atoms with E-state index in [1.165, 1.54) is 0 Å². The Kier molecular flexibility index (Phi) is 4.34. The molecule has 0 spiro atoms. The number of rotatable bonds is 5. The molecule has 4 nitrogen and oxygen atoms in total. The number of hydrogen-bond donors (Lipinski definition) is 0. The Labute approximate surface area is 90.2 Å². The van der Waals surface area contributed by atoms with Crippen LogP contribution < -0.4 is 0 Å². The SMILES string of the molecule is CCOC(=O)Cn1ccc(CC(C)C)n1. The molecule has 15 heavy (non-hydrogen) atoms. The Bertz CT molecular complexity index is 318. The largest absolute Gasteiger partial charge is 0.465 e. The summed E-state index contributed by atoms with van der Waals surface area (Å²) in [6.45, 7) is 6.70. The zero-order valence-electron chi connectivity index (χ0n) is 9.56. The van der Waals surface area contributed by atoms with Gasteiger partial charge in [0.2, 0.25) is 0 Å². The van der Waals surface area contributed by atoms with E-state index in [-0.39, 0.29) is 12.5 Å². The predicted molar refractivity (Wildman–Crippen MR) is 57.4 cm³/mol. The molecular weight excluding hydrogens is 192 g/mol. The monoisotopic (exact) mass is 210 g/mol. The summed E-state index contributed by atoms with van der Waals surface area (Å²) in [6.07, 6.45) is 2.75. The van der Waals surface area contributed by atoms with Crippen LogP contribution >= 0.6 is 0 Å². The summed E-state index contributed by atoms with van der Waals surface area (Å²) in [5.74, 6) is 0.340. The average molecular weight is 210 g/mol. The lowest BCUT2D eigenvalue weighted by molar-refractivity contribution is -0.144. The van der Waals surface area contributed by atoms with Crippen molar-refractivity contribution in [1.29, 1.82) is 0 Å². The van der Waals surface area contributed by atoms with E-state index in [4.69, 9.17) is 4.74 Å². The van der Waals surface area contributed by atoms with E-state index in [2.05, 4.69) is 18.9 Å². The van der Waals surface area contributed by atoms with Crippen LogP contribution in [0.5, 0.6) is 0 Å². The summed E-state index contributed by atoms with van der Waals surface area (Å²) in [4.78, 5) is 11.2.